The Balaban J connectivity index is 3.58. The van der Waals surface area contributed by atoms with Crippen molar-refractivity contribution in [2.45, 2.75) is 20.8 Å². The highest BCUT2D eigenvalue weighted by atomic mass is 13.8. The highest BCUT2D eigenvalue weighted by Crippen LogP contribution is 1.91. The molecule has 0 nitrogen and oxygen atoms in total. The molecule has 0 aromatic rings. The Kier molecular flexibility index (Phi) is 3.39. The Bertz CT molecular complexity index is 86.2. The molecule has 0 heteroatoms. The van der Waals surface area contributed by atoms with E-state index >= 15 is 0 Å². The molecule has 0 N–H and O–H groups in total. The maximum Gasteiger partial charge on any atom is -0.0401 e. The second-order valence-electron chi connectivity index (χ2n) is 1.53. The van der Waals surface area contributed by atoms with E-state index in [1.165, 1.54) is 5.57 Å². The average molecular weight is 96.2 g/mol. The SMILES string of the molecule is CC=C(C)/C=C\C. The molecule has 0 saturated heterocycles. The topological polar surface area (TPSA) is 0 Å². The minimum Gasteiger partial charge on any atom is -0.0874 e. The molecule has 0 bridgehead atoms. The van der Waals surface area contributed by atoms with Gasteiger partial charge in [0.15, 0.2) is 0 Å². The van der Waals surface area contributed by atoms with Gasteiger partial charge < -0.3 is 0 Å². The molecular formula is C7H12. The van der Waals surface area contributed by atoms with E-state index < -0.39 is 0 Å². The normalized spacial score (nSPS) is 13.3. The van der Waals surface area contributed by atoms with E-state index in [1.54, 1.807) is 0 Å². The Morgan fingerprint density at radius 3 is 2.00 bits per heavy atom. The van der Waals surface area contributed by atoms with E-state index in [1.807, 2.05) is 19.9 Å². The van der Waals surface area contributed by atoms with Crippen LogP contribution in [0, 0.1) is 0 Å². The third kappa shape index (κ3) is 3.31. The van der Waals surface area contributed by atoms with Crippen molar-refractivity contribution in [2.75, 3.05) is 0 Å². The number of hydrogen-bond acceptors (Lipinski definition) is 0. The van der Waals surface area contributed by atoms with Gasteiger partial charge in [-0.3, -0.25) is 0 Å². The molecular weight excluding hydrogens is 84.1 g/mol. The van der Waals surface area contributed by atoms with Crippen LogP contribution in [0.1, 0.15) is 20.8 Å². The predicted octanol–water partition coefficient (Wildman–Crippen LogP) is 2.53. The van der Waals surface area contributed by atoms with Gasteiger partial charge in [0.2, 0.25) is 0 Å². The maximum absolute atomic E-state index is 2.08. The van der Waals surface area contributed by atoms with E-state index in [2.05, 4.69) is 19.1 Å². The summed E-state index contributed by atoms with van der Waals surface area (Å²) in [5.41, 5.74) is 1.32. The number of rotatable bonds is 1. The van der Waals surface area contributed by atoms with Gasteiger partial charge in [0, 0.05) is 0 Å². The minimum absolute atomic E-state index is 1.32. The van der Waals surface area contributed by atoms with Crippen LogP contribution in [0.15, 0.2) is 23.8 Å². The lowest BCUT2D eigenvalue weighted by Crippen LogP contribution is -1.60. The molecule has 40 valence electrons. The Labute approximate surface area is 45.5 Å². The van der Waals surface area contributed by atoms with Gasteiger partial charge in [-0.1, -0.05) is 23.8 Å². The Morgan fingerprint density at radius 2 is 1.86 bits per heavy atom. The third-order valence-corrected chi connectivity index (χ3v) is 0.885. The highest BCUT2D eigenvalue weighted by Gasteiger charge is 1.69. The second kappa shape index (κ2) is 3.66. The summed E-state index contributed by atoms with van der Waals surface area (Å²) < 4.78 is 0. The minimum atomic E-state index is 1.32. The fourth-order valence-electron chi connectivity index (χ4n) is 0.359. The van der Waals surface area contributed by atoms with Gasteiger partial charge in [-0.05, 0) is 20.8 Å². The second-order valence-corrected chi connectivity index (χ2v) is 1.53. The van der Waals surface area contributed by atoms with Crippen molar-refractivity contribution < 1.29 is 0 Å². The number of allylic oxidation sites excluding steroid dienone is 4. The first-order valence-electron chi connectivity index (χ1n) is 2.57. The quantitative estimate of drug-likeness (QED) is 0.440. The molecule has 0 aromatic carbocycles. The zero-order valence-corrected chi connectivity index (χ0v) is 5.23. The van der Waals surface area contributed by atoms with Gasteiger partial charge in [-0.15, -0.1) is 0 Å². The van der Waals surface area contributed by atoms with Crippen molar-refractivity contribution >= 4 is 0 Å². The Morgan fingerprint density at radius 1 is 1.29 bits per heavy atom. The molecule has 0 rings (SSSR count). The molecule has 0 aromatic heterocycles. The van der Waals surface area contributed by atoms with Crippen LogP contribution in [0.2, 0.25) is 0 Å². The summed E-state index contributed by atoms with van der Waals surface area (Å²) in [5.74, 6) is 0. The Hall–Kier alpha value is -0.520. The molecule has 0 spiro atoms. The lowest BCUT2D eigenvalue weighted by Gasteiger charge is -1.81. The smallest absolute Gasteiger partial charge is 0.0401 e. The first-order valence-corrected chi connectivity index (χ1v) is 2.57. The molecule has 0 amide bonds. The summed E-state index contributed by atoms with van der Waals surface area (Å²) in [7, 11) is 0. The van der Waals surface area contributed by atoms with Crippen molar-refractivity contribution in [1.29, 1.82) is 0 Å². The fraction of sp³-hybridized carbons (Fsp3) is 0.429. The summed E-state index contributed by atoms with van der Waals surface area (Å²) in [6, 6.07) is 0. The molecule has 0 aliphatic carbocycles. The van der Waals surface area contributed by atoms with Crippen molar-refractivity contribution in [1.82, 2.24) is 0 Å². The summed E-state index contributed by atoms with van der Waals surface area (Å²) in [6.45, 7) is 6.14. The standard InChI is InChI=1S/C7H12/c1-4-6-7(3)5-2/h4-6H,1-3H3/b6-4-,7-5?. The maximum atomic E-state index is 2.08. The van der Waals surface area contributed by atoms with Gasteiger partial charge in [0.05, 0.1) is 0 Å². The summed E-state index contributed by atoms with van der Waals surface area (Å²) in [5, 5.41) is 0. The van der Waals surface area contributed by atoms with Gasteiger partial charge in [0.1, 0.15) is 0 Å². The zero-order valence-electron chi connectivity index (χ0n) is 5.23. The van der Waals surface area contributed by atoms with Crippen LogP contribution in [-0.4, -0.2) is 0 Å². The molecule has 0 fully saturated rings. The lowest BCUT2D eigenvalue weighted by atomic mass is 10.3. The van der Waals surface area contributed by atoms with Crippen molar-refractivity contribution in [2.24, 2.45) is 0 Å². The van der Waals surface area contributed by atoms with Crippen LogP contribution in [0.3, 0.4) is 0 Å². The molecule has 0 unspecified atom stereocenters. The van der Waals surface area contributed by atoms with Gasteiger partial charge in [-0.2, -0.15) is 0 Å². The zero-order chi connectivity index (χ0) is 5.70. The van der Waals surface area contributed by atoms with E-state index in [0.29, 0.717) is 0 Å². The summed E-state index contributed by atoms with van der Waals surface area (Å²) >= 11 is 0. The summed E-state index contributed by atoms with van der Waals surface area (Å²) in [6.07, 6.45) is 6.20. The monoisotopic (exact) mass is 96.1 g/mol. The van der Waals surface area contributed by atoms with Crippen LogP contribution < -0.4 is 0 Å². The van der Waals surface area contributed by atoms with Gasteiger partial charge >= 0.3 is 0 Å². The first-order chi connectivity index (χ1) is 3.31. The first kappa shape index (κ1) is 6.48. The lowest BCUT2D eigenvalue weighted by molar-refractivity contribution is 1.46. The fourth-order valence-corrected chi connectivity index (χ4v) is 0.359. The highest BCUT2D eigenvalue weighted by molar-refractivity contribution is 5.13. The van der Waals surface area contributed by atoms with E-state index in [9.17, 15) is 0 Å². The molecule has 0 aliphatic heterocycles. The molecule has 0 aliphatic rings. The largest absolute Gasteiger partial charge is 0.0874 e. The van der Waals surface area contributed by atoms with Crippen molar-refractivity contribution in [3.05, 3.63) is 23.8 Å². The van der Waals surface area contributed by atoms with Crippen LogP contribution in [0.25, 0.3) is 0 Å². The summed E-state index contributed by atoms with van der Waals surface area (Å²) in [4.78, 5) is 0. The molecule has 0 atom stereocenters. The van der Waals surface area contributed by atoms with E-state index in [0.717, 1.165) is 0 Å². The molecule has 0 heterocycles. The van der Waals surface area contributed by atoms with Gasteiger partial charge in [-0.25, -0.2) is 0 Å². The van der Waals surface area contributed by atoms with Crippen LogP contribution in [-0.2, 0) is 0 Å². The molecule has 0 radical (unpaired) electrons. The van der Waals surface area contributed by atoms with Crippen LogP contribution in [0.5, 0.6) is 0 Å². The van der Waals surface area contributed by atoms with Crippen molar-refractivity contribution in [3.63, 3.8) is 0 Å². The molecule has 0 saturated carbocycles. The molecule has 7 heavy (non-hydrogen) atoms. The van der Waals surface area contributed by atoms with Crippen LogP contribution >= 0.6 is 0 Å². The average Bonchev–Trinajstić information content (AvgIpc) is 1.68. The van der Waals surface area contributed by atoms with Crippen LogP contribution in [0.4, 0.5) is 0 Å². The third-order valence-electron chi connectivity index (χ3n) is 0.885. The van der Waals surface area contributed by atoms with E-state index in [4.69, 9.17) is 0 Å². The van der Waals surface area contributed by atoms with Crippen molar-refractivity contribution in [3.8, 4) is 0 Å². The predicted molar refractivity (Wildman–Crippen MR) is 34.2 cm³/mol. The van der Waals surface area contributed by atoms with Gasteiger partial charge in [0.25, 0.3) is 0 Å². The van der Waals surface area contributed by atoms with E-state index in [-0.39, 0.29) is 0 Å². The number of hydrogen-bond donors (Lipinski definition) is 0.